The number of aliphatic carboxylic acids is 1. The minimum Gasteiger partial charge on any atom is -0.481 e. The van der Waals surface area contributed by atoms with Crippen LogP contribution >= 0.6 is 0 Å². The third-order valence-corrected chi connectivity index (χ3v) is 3.32. The number of halogens is 3. The molecule has 1 heterocycles. The lowest BCUT2D eigenvalue weighted by molar-refractivity contribution is -0.183. The lowest BCUT2D eigenvalue weighted by Gasteiger charge is -2.23. The van der Waals surface area contributed by atoms with Crippen LogP contribution in [0.3, 0.4) is 0 Å². The standard InChI is InChI=1S/C14H15F3O4/c1-7(14(15,16)17)11(12(18)19)8-4-5-9-10(6-8)21-13(2,3)20-9/h4-7,11H,1-3H3,(H,18,19)/t7-,11+/m1/s1. The van der Waals surface area contributed by atoms with E-state index in [2.05, 4.69) is 0 Å². The highest BCUT2D eigenvalue weighted by Gasteiger charge is 2.45. The maximum atomic E-state index is 12.8. The molecule has 0 aliphatic carbocycles. The molecular formula is C14H15F3O4. The van der Waals surface area contributed by atoms with Gasteiger partial charge in [-0.05, 0) is 17.7 Å². The van der Waals surface area contributed by atoms with E-state index in [1.807, 2.05) is 0 Å². The van der Waals surface area contributed by atoms with Gasteiger partial charge >= 0.3 is 12.1 Å². The minimum absolute atomic E-state index is 0.0346. The molecule has 1 aromatic rings. The number of carboxylic acids is 1. The topological polar surface area (TPSA) is 55.8 Å². The molecule has 1 aliphatic rings. The number of hydrogen-bond acceptors (Lipinski definition) is 3. The Bertz CT molecular complexity index is 566. The van der Waals surface area contributed by atoms with Crippen LogP contribution in [0.15, 0.2) is 18.2 Å². The third-order valence-electron chi connectivity index (χ3n) is 3.32. The summed E-state index contributed by atoms with van der Waals surface area (Å²) in [6, 6.07) is 4.05. The number of rotatable bonds is 3. The van der Waals surface area contributed by atoms with Gasteiger partial charge < -0.3 is 14.6 Å². The van der Waals surface area contributed by atoms with Crippen molar-refractivity contribution in [1.82, 2.24) is 0 Å². The number of ether oxygens (including phenoxy) is 2. The van der Waals surface area contributed by atoms with Crippen molar-refractivity contribution in [3.8, 4) is 11.5 Å². The molecule has 1 aliphatic heterocycles. The zero-order chi connectivity index (χ0) is 16.0. The minimum atomic E-state index is -4.60. The predicted octanol–water partition coefficient (Wildman–Crippen LogP) is 3.56. The van der Waals surface area contributed by atoms with Crippen LogP contribution in [-0.4, -0.2) is 23.0 Å². The SMILES string of the molecule is C[C@H]([C@H](C(=O)O)c1ccc2c(c1)OC(C)(C)O2)C(F)(F)F. The molecule has 1 aromatic carbocycles. The molecule has 7 heteroatoms. The fourth-order valence-corrected chi connectivity index (χ4v) is 2.27. The monoisotopic (exact) mass is 304 g/mol. The maximum absolute atomic E-state index is 12.8. The van der Waals surface area contributed by atoms with Crippen LogP contribution in [0.4, 0.5) is 13.2 Å². The van der Waals surface area contributed by atoms with Gasteiger partial charge in [0.05, 0.1) is 11.8 Å². The summed E-state index contributed by atoms with van der Waals surface area (Å²) in [4.78, 5) is 11.2. The van der Waals surface area contributed by atoms with E-state index in [0.29, 0.717) is 5.75 Å². The fraction of sp³-hybridized carbons (Fsp3) is 0.500. The molecule has 0 bridgehead atoms. The van der Waals surface area contributed by atoms with E-state index in [1.165, 1.54) is 18.2 Å². The predicted molar refractivity (Wildman–Crippen MR) is 67.4 cm³/mol. The van der Waals surface area contributed by atoms with Gasteiger partial charge in [-0.3, -0.25) is 4.79 Å². The Hall–Kier alpha value is -1.92. The van der Waals surface area contributed by atoms with Crippen molar-refractivity contribution in [3.05, 3.63) is 23.8 Å². The first-order valence-electron chi connectivity index (χ1n) is 6.33. The van der Waals surface area contributed by atoms with Crippen molar-refractivity contribution in [1.29, 1.82) is 0 Å². The molecule has 116 valence electrons. The Labute approximate surface area is 119 Å². The Kier molecular flexibility index (Phi) is 3.55. The average Bonchev–Trinajstić information content (AvgIpc) is 2.60. The van der Waals surface area contributed by atoms with Gasteiger partial charge in [0, 0.05) is 13.8 Å². The van der Waals surface area contributed by atoms with Gasteiger partial charge in [-0.2, -0.15) is 13.2 Å². The number of carboxylic acid groups (broad SMARTS) is 1. The van der Waals surface area contributed by atoms with Crippen molar-refractivity contribution in [2.45, 2.75) is 38.7 Å². The molecular weight excluding hydrogens is 289 g/mol. The van der Waals surface area contributed by atoms with E-state index in [9.17, 15) is 18.0 Å². The number of hydrogen-bond donors (Lipinski definition) is 1. The summed E-state index contributed by atoms with van der Waals surface area (Å²) in [6.07, 6.45) is -4.60. The zero-order valence-corrected chi connectivity index (χ0v) is 11.7. The van der Waals surface area contributed by atoms with E-state index >= 15 is 0 Å². The summed E-state index contributed by atoms with van der Waals surface area (Å²) in [5.74, 6) is -5.52. The van der Waals surface area contributed by atoms with Crippen LogP contribution in [0, 0.1) is 5.92 Å². The second-order valence-electron chi connectivity index (χ2n) is 5.46. The first kappa shape index (κ1) is 15.5. The largest absolute Gasteiger partial charge is 0.481 e. The highest BCUT2D eigenvalue weighted by Crippen LogP contribution is 2.43. The molecule has 0 amide bonds. The van der Waals surface area contributed by atoms with Crippen LogP contribution in [0.5, 0.6) is 11.5 Å². The van der Waals surface area contributed by atoms with E-state index in [-0.39, 0.29) is 11.3 Å². The number of carbonyl (C=O) groups is 1. The number of benzene rings is 1. The number of fused-ring (bicyclic) bond motifs is 1. The summed E-state index contributed by atoms with van der Waals surface area (Å²) in [5.41, 5.74) is 0.0346. The highest BCUT2D eigenvalue weighted by atomic mass is 19.4. The first-order chi connectivity index (χ1) is 9.51. The molecule has 0 unspecified atom stereocenters. The van der Waals surface area contributed by atoms with Gasteiger partial charge in [0.15, 0.2) is 11.5 Å². The summed E-state index contributed by atoms with van der Waals surface area (Å²) >= 11 is 0. The smallest absolute Gasteiger partial charge is 0.392 e. The molecule has 0 spiro atoms. The molecule has 1 N–H and O–H groups in total. The fourth-order valence-electron chi connectivity index (χ4n) is 2.27. The summed E-state index contributed by atoms with van der Waals surface area (Å²) < 4.78 is 49.3. The van der Waals surface area contributed by atoms with Crippen molar-refractivity contribution in [2.75, 3.05) is 0 Å². The van der Waals surface area contributed by atoms with Crippen molar-refractivity contribution < 1.29 is 32.5 Å². The van der Waals surface area contributed by atoms with Gasteiger partial charge in [-0.15, -0.1) is 0 Å². The van der Waals surface area contributed by atoms with Gasteiger partial charge in [0.25, 0.3) is 0 Å². The maximum Gasteiger partial charge on any atom is 0.392 e. The molecule has 0 radical (unpaired) electrons. The van der Waals surface area contributed by atoms with Crippen LogP contribution in [0.2, 0.25) is 0 Å². The molecule has 2 atom stereocenters. The van der Waals surface area contributed by atoms with Crippen molar-refractivity contribution >= 4 is 5.97 Å². The number of alkyl halides is 3. The van der Waals surface area contributed by atoms with Crippen molar-refractivity contribution in [2.24, 2.45) is 5.92 Å². The summed E-state index contributed by atoms with van der Waals surface area (Å²) in [6.45, 7) is 4.16. The lowest BCUT2D eigenvalue weighted by Crippen LogP contribution is -2.31. The molecule has 0 aromatic heterocycles. The molecule has 0 saturated heterocycles. The Morgan fingerprint density at radius 3 is 2.33 bits per heavy atom. The van der Waals surface area contributed by atoms with E-state index in [1.54, 1.807) is 13.8 Å². The van der Waals surface area contributed by atoms with Gasteiger partial charge in [0.2, 0.25) is 5.79 Å². The Morgan fingerprint density at radius 1 is 1.24 bits per heavy atom. The highest BCUT2D eigenvalue weighted by molar-refractivity contribution is 5.77. The molecule has 0 saturated carbocycles. The summed E-state index contributed by atoms with van der Waals surface area (Å²) in [5, 5.41) is 9.14. The van der Waals surface area contributed by atoms with E-state index in [4.69, 9.17) is 14.6 Å². The quantitative estimate of drug-likeness (QED) is 0.927. The normalized spacial score (nSPS) is 19.1. The second kappa shape index (κ2) is 4.82. The molecule has 0 fully saturated rings. The Morgan fingerprint density at radius 2 is 1.81 bits per heavy atom. The van der Waals surface area contributed by atoms with Gasteiger partial charge in [0.1, 0.15) is 0 Å². The van der Waals surface area contributed by atoms with E-state index < -0.39 is 29.8 Å². The average molecular weight is 304 g/mol. The van der Waals surface area contributed by atoms with Crippen LogP contribution in [0.25, 0.3) is 0 Å². The zero-order valence-electron chi connectivity index (χ0n) is 11.7. The second-order valence-corrected chi connectivity index (χ2v) is 5.46. The molecule has 2 rings (SSSR count). The van der Waals surface area contributed by atoms with Crippen LogP contribution in [0.1, 0.15) is 32.3 Å². The third kappa shape index (κ3) is 3.06. The van der Waals surface area contributed by atoms with Crippen LogP contribution < -0.4 is 9.47 Å². The van der Waals surface area contributed by atoms with Gasteiger partial charge in [-0.25, -0.2) is 0 Å². The summed E-state index contributed by atoms with van der Waals surface area (Å²) in [7, 11) is 0. The Balaban J connectivity index is 2.38. The molecule has 4 nitrogen and oxygen atoms in total. The lowest BCUT2D eigenvalue weighted by atomic mass is 9.86. The van der Waals surface area contributed by atoms with Crippen LogP contribution in [-0.2, 0) is 4.79 Å². The van der Waals surface area contributed by atoms with E-state index in [0.717, 1.165) is 6.92 Å². The van der Waals surface area contributed by atoms with Gasteiger partial charge in [-0.1, -0.05) is 13.0 Å². The molecule has 21 heavy (non-hydrogen) atoms. The first-order valence-corrected chi connectivity index (χ1v) is 6.33. The van der Waals surface area contributed by atoms with Crippen molar-refractivity contribution in [3.63, 3.8) is 0 Å².